The van der Waals surface area contributed by atoms with E-state index >= 15 is 0 Å². The largest absolute Gasteiger partial charge is 0.497 e. The molecule has 1 saturated heterocycles. The van der Waals surface area contributed by atoms with Crippen molar-refractivity contribution in [2.45, 2.75) is 31.5 Å². The van der Waals surface area contributed by atoms with Crippen LogP contribution in [0.2, 0.25) is 0 Å². The number of hydrogen-bond acceptors (Lipinski definition) is 4. The molecule has 0 aliphatic carbocycles. The quantitative estimate of drug-likeness (QED) is 0.896. The third-order valence-corrected chi connectivity index (χ3v) is 3.33. The zero-order valence-corrected chi connectivity index (χ0v) is 11.1. The Labute approximate surface area is 107 Å². The van der Waals surface area contributed by atoms with Gasteiger partial charge >= 0.3 is 0 Å². The molecule has 2 atom stereocenters. The van der Waals surface area contributed by atoms with Gasteiger partial charge in [0.05, 0.1) is 32.5 Å². The van der Waals surface area contributed by atoms with Gasteiger partial charge in [-0.1, -0.05) is 0 Å². The van der Waals surface area contributed by atoms with Gasteiger partial charge in [0.25, 0.3) is 0 Å². The molecule has 2 unspecified atom stereocenters. The van der Waals surface area contributed by atoms with Crippen LogP contribution in [0.4, 0.5) is 0 Å². The summed E-state index contributed by atoms with van der Waals surface area (Å²) in [6, 6.07) is 5.67. The normalized spacial score (nSPS) is 27.9. The Morgan fingerprint density at radius 3 is 2.33 bits per heavy atom. The fraction of sp³-hybridized carbons (Fsp3) is 0.571. The first-order valence-corrected chi connectivity index (χ1v) is 6.11. The van der Waals surface area contributed by atoms with Crippen LogP contribution in [0, 0.1) is 0 Å². The van der Waals surface area contributed by atoms with Gasteiger partial charge in [-0.2, -0.15) is 0 Å². The van der Waals surface area contributed by atoms with Gasteiger partial charge in [0.1, 0.15) is 11.5 Å². The highest BCUT2D eigenvalue weighted by molar-refractivity contribution is 5.39. The minimum atomic E-state index is -0.667. The van der Waals surface area contributed by atoms with E-state index in [0.29, 0.717) is 19.4 Å². The summed E-state index contributed by atoms with van der Waals surface area (Å²) < 4.78 is 16.2. The molecule has 4 nitrogen and oxygen atoms in total. The molecule has 0 aromatic heterocycles. The minimum Gasteiger partial charge on any atom is -0.497 e. The van der Waals surface area contributed by atoms with Crippen LogP contribution >= 0.6 is 0 Å². The first-order chi connectivity index (χ1) is 8.54. The molecule has 0 bridgehead atoms. The second-order valence-corrected chi connectivity index (χ2v) is 4.96. The lowest BCUT2D eigenvalue weighted by atomic mass is 9.89. The Bertz CT molecular complexity index is 392. The molecule has 2 rings (SSSR count). The lowest BCUT2D eigenvalue weighted by Gasteiger charge is -2.34. The third-order valence-electron chi connectivity index (χ3n) is 3.33. The standard InChI is InChI=1S/C14H20O4/c1-14(15)4-5-18-13(9-14)10-6-11(16-2)8-12(7-10)17-3/h6-8,13,15H,4-5,9H2,1-3H3. The first-order valence-electron chi connectivity index (χ1n) is 6.11. The van der Waals surface area contributed by atoms with Crippen molar-refractivity contribution in [1.29, 1.82) is 0 Å². The highest BCUT2D eigenvalue weighted by Crippen LogP contribution is 2.36. The smallest absolute Gasteiger partial charge is 0.122 e. The van der Waals surface area contributed by atoms with Crippen LogP contribution in [0.5, 0.6) is 11.5 Å². The van der Waals surface area contributed by atoms with E-state index in [0.717, 1.165) is 17.1 Å². The van der Waals surface area contributed by atoms with Gasteiger partial charge in [-0.15, -0.1) is 0 Å². The van der Waals surface area contributed by atoms with Crippen LogP contribution in [0.15, 0.2) is 18.2 Å². The summed E-state index contributed by atoms with van der Waals surface area (Å²) in [6.07, 6.45) is 1.14. The molecular weight excluding hydrogens is 232 g/mol. The highest BCUT2D eigenvalue weighted by atomic mass is 16.5. The molecule has 0 saturated carbocycles. The number of aliphatic hydroxyl groups is 1. The van der Waals surface area contributed by atoms with E-state index in [1.54, 1.807) is 14.2 Å². The summed E-state index contributed by atoms with van der Waals surface area (Å²) in [5.74, 6) is 1.47. The first kappa shape index (κ1) is 13.2. The van der Waals surface area contributed by atoms with Crippen LogP contribution in [-0.4, -0.2) is 31.5 Å². The predicted octanol–water partition coefficient (Wildman–Crippen LogP) is 2.31. The monoisotopic (exact) mass is 252 g/mol. The van der Waals surface area contributed by atoms with Crippen molar-refractivity contribution in [1.82, 2.24) is 0 Å². The summed E-state index contributed by atoms with van der Waals surface area (Å²) in [5, 5.41) is 10.1. The predicted molar refractivity (Wildman–Crippen MR) is 68.1 cm³/mol. The second-order valence-electron chi connectivity index (χ2n) is 4.96. The Kier molecular flexibility index (Phi) is 3.78. The fourth-order valence-electron chi connectivity index (χ4n) is 2.21. The molecule has 0 amide bonds. The summed E-state index contributed by atoms with van der Waals surface area (Å²) in [4.78, 5) is 0. The molecule has 1 fully saturated rings. The van der Waals surface area contributed by atoms with Crippen LogP contribution in [0.1, 0.15) is 31.4 Å². The van der Waals surface area contributed by atoms with Crippen LogP contribution in [-0.2, 0) is 4.74 Å². The van der Waals surface area contributed by atoms with Crippen molar-refractivity contribution in [3.63, 3.8) is 0 Å². The van der Waals surface area contributed by atoms with Crippen LogP contribution in [0.3, 0.4) is 0 Å². The minimum absolute atomic E-state index is 0.113. The number of rotatable bonds is 3. The zero-order valence-electron chi connectivity index (χ0n) is 11.1. The number of benzene rings is 1. The Balaban J connectivity index is 2.26. The van der Waals surface area contributed by atoms with Crippen molar-refractivity contribution in [3.8, 4) is 11.5 Å². The van der Waals surface area contributed by atoms with Gasteiger partial charge in [0, 0.05) is 12.5 Å². The lowest BCUT2D eigenvalue weighted by Crippen LogP contribution is -2.34. The van der Waals surface area contributed by atoms with Gasteiger partial charge in [0.15, 0.2) is 0 Å². The summed E-state index contributed by atoms with van der Waals surface area (Å²) in [6.45, 7) is 2.41. The average Bonchev–Trinajstić information content (AvgIpc) is 2.37. The van der Waals surface area contributed by atoms with Crippen molar-refractivity contribution in [3.05, 3.63) is 23.8 Å². The number of ether oxygens (including phenoxy) is 3. The van der Waals surface area contributed by atoms with E-state index in [1.165, 1.54) is 0 Å². The third kappa shape index (κ3) is 2.94. The molecule has 1 N–H and O–H groups in total. The van der Waals surface area contributed by atoms with E-state index in [9.17, 15) is 5.11 Å². The second kappa shape index (κ2) is 5.16. The van der Waals surface area contributed by atoms with E-state index in [2.05, 4.69) is 0 Å². The molecule has 1 aromatic carbocycles. The van der Waals surface area contributed by atoms with Gasteiger partial charge in [-0.25, -0.2) is 0 Å². The Morgan fingerprint density at radius 2 is 1.83 bits per heavy atom. The molecule has 1 aliphatic heterocycles. The molecule has 100 valence electrons. The molecule has 0 spiro atoms. The van der Waals surface area contributed by atoms with Crippen molar-refractivity contribution in [2.24, 2.45) is 0 Å². The zero-order chi connectivity index (χ0) is 13.2. The molecule has 1 heterocycles. The maximum Gasteiger partial charge on any atom is 0.122 e. The lowest BCUT2D eigenvalue weighted by molar-refractivity contribution is -0.0953. The summed E-state index contributed by atoms with van der Waals surface area (Å²) in [5.41, 5.74) is 0.311. The summed E-state index contributed by atoms with van der Waals surface area (Å²) in [7, 11) is 3.24. The average molecular weight is 252 g/mol. The summed E-state index contributed by atoms with van der Waals surface area (Å²) >= 11 is 0. The molecule has 18 heavy (non-hydrogen) atoms. The van der Waals surface area contributed by atoms with Crippen molar-refractivity contribution in [2.75, 3.05) is 20.8 Å². The van der Waals surface area contributed by atoms with E-state index in [-0.39, 0.29) is 6.10 Å². The molecule has 0 radical (unpaired) electrons. The maximum atomic E-state index is 10.1. The highest BCUT2D eigenvalue weighted by Gasteiger charge is 2.31. The van der Waals surface area contributed by atoms with Crippen molar-refractivity contribution >= 4 is 0 Å². The van der Waals surface area contributed by atoms with Crippen LogP contribution in [0.25, 0.3) is 0 Å². The molecular formula is C14H20O4. The Morgan fingerprint density at radius 1 is 1.22 bits per heavy atom. The van der Waals surface area contributed by atoms with E-state index in [1.807, 2.05) is 25.1 Å². The van der Waals surface area contributed by atoms with E-state index in [4.69, 9.17) is 14.2 Å². The fourth-order valence-corrected chi connectivity index (χ4v) is 2.21. The van der Waals surface area contributed by atoms with E-state index < -0.39 is 5.60 Å². The van der Waals surface area contributed by atoms with Gasteiger partial charge in [-0.3, -0.25) is 0 Å². The molecule has 1 aromatic rings. The van der Waals surface area contributed by atoms with Crippen LogP contribution < -0.4 is 9.47 Å². The SMILES string of the molecule is COc1cc(OC)cc(C2CC(C)(O)CCO2)c1. The van der Waals surface area contributed by atoms with Gasteiger partial charge in [0.2, 0.25) is 0 Å². The van der Waals surface area contributed by atoms with Gasteiger partial charge in [-0.05, 0) is 31.0 Å². The number of methoxy groups -OCH3 is 2. The topological polar surface area (TPSA) is 47.9 Å². The maximum absolute atomic E-state index is 10.1. The Hall–Kier alpha value is -1.26. The molecule has 4 heteroatoms. The number of hydrogen-bond donors (Lipinski definition) is 1. The molecule has 1 aliphatic rings. The van der Waals surface area contributed by atoms with Crippen molar-refractivity contribution < 1.29 is 19.3 Å². The van der Waals surface area contributed by atoms with Gasteiger partial charge < -0.3 is 19.3 Å².